The Kier molecular flexibility index (Phi) is 4.53. The van der Waals surface area contributed by atoms with Gasteiger partial charge in [0, 0.05) is 25.0 Å². The van der Waals surface area contributed by atoms with Crippen molar-refractivity contribution in [3.05, 3.63) is 48.3 Å². The summed E-state index contributed by atoms with van der Waals surface area (Å²) in [6.07, 6.45) is 7.15. The Hall–Kier alpha value is -2.14. The highest BCUT2D eigenvalue weighted by atomic mass is 16.4. The number of carboxylic acids is 1. The quantitative estimate of drug-likeness (QED) is 0.890. The second-order valence-corrected chi connectivity index (χ2v) is 5.88. The lowest BCUT2D eigenvalue weighted by Crippen LogP contribution is -2.34. The number of hydrogen-bond donors (Lipinski definition) is 2. The zero-order valence-corrected chi connectivity index (χ0v) is 12.5. The van der Waals surface area contributed by atoms with Gasteiger partial charge in [-0.1, -0.05) is 12.1 Å². The van der Waals surface area contributed by atoms with Crippen LogP contribution in [0, 0.1) is 5.92 Å². The maximum Gasteiger partial charge on any atom is 0.306 e. The Morgan fingerprint density at radius 3 is 2.55 bits per heavy atom. The van der Waals surface area contributed by atoms with Crippen molar-refractivity contribution >= 4 is 5.97 Å². The highest BCUT2D eigenvalue weighted by Crippen LogP contribution is 2.24. The molecule has 1 aliphatic carbocycles. The summed E-state index contributed by atoms with van der Waals surface area (Å²) in [6.45, 7) is 0.821. The van der Waals surface area contributed by atoms with E-state index in [4.69, 9.17) is 5.11 Å². The molecule has 1 aliphatic rings. The average Bonchev–Trinajstić information content (AvgIpc) is 3.08. The summed E-state index contributed by atoms with van der Waals surface area (Å²) in [5, 5.41) is 16.8. The number of hydrogen-bond acceptors (Lipinski definition) is 3. The van der Waals surface area contributed by atoms with E-state index in [1.807, 2.05) is 16.9 Å². The number of aromatic nitrogens is 2. The Bertz CT molecular complexity index is 599. The maximum atomic E-state index is 10.9. The zero-order chi connectivity index (χ0) is 15.4. The summed E-state index contributed by atoms with van der Waals surface area (Å²) in [4.78, 5) is 10.9. The van der Waals surface area contributed by atoms with Crippen LogP contribution < -0.4 is 5.32 Å². The molecule has 2 N–H and O–H groups in total. The van der Waals surface area contributed by atoms with Crippen molar-refractivity contribution in [3.8, 4) is 5.69 Å². The molecule has 1 aromatic heterocycles. The maximum absolute atomic E-state index is 10.9. The van der Waals surface area contributed by atoms with Crippen molar-refractivity contribution in [2.24, 2.45) is 5.92 Å². The summed E-state index contributed by atoms with van der Waals surface area (Å²) in [5.74, 6) is -0.793. The Morgan fingerprint density at radius 2 is 1.95 bits per heavy atom. The number of carboxylic acid groups (broad SMARTS) is 1. The Morgan fingerprint density at radius 1 is 1.23 bits per heavy atom. The van der Waals surface area contributed by atoms with Crippen molar-refractivity contribution in [2.45, 2.75) is 38.3 Å². The molecule has 5 heteroatoms. The molecule has 0 bridgehead atoms. The van der Waals surface area contributed by atoms with Gasteiger partial charge < -0.3 is 10.4 Å². The molecule has 1 heterocycles. The fourth-order valence-electron chi connectivity index (χ4n) is 2.99. The second-order valence-electron chi connectivity index (χ2n) is 5.88. The van der Waals surface area contributed by atoms with Crippen LogP contribution >= 0.6 is 0 Å². The van der Waals surface area contributed by atoms with Crippen molar-refractivity contribution in [1.82, 2.24) is 15.1 Å². The normalized spacial score (nSPS) is 21.6. The molecule has 116 valence electrons. The topological polar surface area (TPSA) is 67.2 Å². The van der Waals surface area contributed by atoms with E-state index in [2.05, 4.69) is 34.7 Å². The number of nitrogens with zero attached hydrogens (tertiary/aromatic N) is 2. The first-order valence-electron chi connectivity index (χ1n) is 7.77. The monoisotopic (exact) mass is 299 g/mol. The second kappa shape index (κ2) is 6.75. The molecule has 0 aliphatic heterocycles. The van der Waals surface area contributed by atoms with Gasteiger partial charge in [0.05, 0.1) is 11.6 Å². The zero-order valence-electron chi connectivity index (χ0n) is 12.5. The van der Waals surface area contributed by atoms with Gasteiger partial charge in [-0.2, -0.15) is 5.10 Å². The predicted molar refractivity (Wildman–Crippen MR) is 83.8 cm³/mol. The van der Waals surface area contributed by atoms with Gasteiger partial charge in [-0.15, -0.1) is 0 Å². The number of nitrogens with one attached hydrogen (secondary N) is 1. The van der Waals surface area contributed by atoms with Gasteiger partial charge in [0.2, 0.25) is 0 Å². The Balaban J connectivity index is 1.49. The van der Waals surface area contributed by atoms with Crippen molar-refractivity contribution in [3.63, 3.8) is 0 Å². The summed E-state index contributed by atoms with van der Waals surface area (Å²) < 4.78 is 1.84. The lowest BCUT2D eigenvalue weighted by molar-refractivity contribution is -0.142. The first-order valence-corrected chi connectivity index (χ1v) is 7.77. The standard InChI is InChI=1S/C17H21N3O2/c21-17(22)14-4-6-15(7-5-14)18-12-13-2-8-16(9-3-13)20-11-1-10-19-20/h1-3,8-11,14-15,18H,4-7,12H2,(H,21,22). The van der Waals surface area contributed by atoms with E-state index in [1.165, 1.54) is 5.56 Å². The van der Waals surface area contributed by atoms with Gasteiger partial charge in [0.1, 0.15) is 0 Å². The molecule has 0 radical (unpaired) electrons. The van der Waals surface area contributed by atoms with Gasteiger partial charge in [0.25, 0.3) is 0 Å². The van der Waals surface area contributed by atoms with Crippen LogP contribution in [0.5, 0.6) is 0 Å². The van der Waals surface area contributed by atoms with E-state index in [9.17, 15) is 4.79 Å². The van der Waals surface area contributed by atoms with Crippen LogP contribution in [0.25, 0.3) is 5.69 Å². The lowest BCUT2D eigenvalue weighted by atomic mass is 9.86. The molecule has 1 saturated carbocycles. The van der Waals surface area contributed by atoms with Gasteiger partial charge in [-0.3, -0.25) is 4.79 Å². The predicted octanol–water partition coefficient (Wildman–Crippen LogP) is 2.61. The number of aliphatic carboxylic acids is 1. The molecule has 0 atom stereocenters. The molecule has 5 nitrogen and oxygen atoms in total. The summed E-state index contributed by atoms with van der Waals surface area (Å²) in [6, 6.07) is 10.7. The summed E-state index contributed by atoms with van der Waals surface area (Å²) >= 11 is 0. The minimum Gasteiger partial charge on any atom is -0.481 e. The molecule has 1 fully saturated rings. The van der Waals surface area contributed by atoms with Crippen LogP contribution in [-0.4, -0.2) is 26.9 Å². The van der Waals surface area contributed by atoms with Crippen molar-refractivity contribution in [1.29, 1.82) is 0 Å². The summed E-state index contributed by atoms with van der Waals surface area (Å²) in [5.41, 5.74) is 2.28. The molecule has 0 saturated heterocycles. The van der Waals surface area contributed by atoms with E-state index in [-0.39, 0.29) is 5.92 Å². The number of benzene rings is 1. The van der Waals surface area contributed by atoms with E-state index in [0.717, 1.165) is 37.9 Å². The molecule has 1 aromatic carbocycles. The third kappa shape index (κ3) is 3.54. The largest absolute Gasteiger partial charge is 0.481 e. The van der Waals surface area contributed by atoms with Crippen LogP contribution in [0.1, 0.15) is 31.2 Å². The van der Waals surface area contributed by atoms with Crippen LogP contribution in [0.4, 0.5) is 0 Å². The van der Waals surface area contributed by atoms with Crippen molar-refractivity contribution in [2.75, 3.05) is 0 Å². The van der Waals surface area contributed by atoms with Crippen LogP contribution in [0.3, 0.4) is 0 Å². The Labute approximate surface area is 130 Å². The highest BCUT2D eigenvalue weighted by molar-refractivity contribution is 5.70. The molecule has 2 aromatic rings. The van der Waals surface area contributed by atoms with Crippen LogP contribution in [0.2, 0.25) is 0 Å². The molecule has 0 unspecified atom stereocenters. The first kappa shape index (κ1) is 14.8. The molecule has 0 amide bonds. The van der Waals surface area contributed by atoms with E-state index in [0.29, 0.717) is 6.04 Å². The first-order chi connectivity index (χ1) is 10.7. The van der Waals surface area contributed by atoms with E-state index >= 15 is 0 Å². The highest BCUT2D eigenvalue weighted by Gasteiger charge is 2.25. The SMILES string of the molecule is O=C(O)C1CCC(NCc2ccc(-n3cccn3)cc2)CC1. The molecule has 3 rings (SSSR count). The minimum absolute atomic E-state index is 0.147. The summed E-state index contributed by atoms with van der Waals surface area (Å²) in [7, 11) is 0. The van der Waals surface area contributed by atoms with Crippen molar-refractivity contribution < 1.29 is 9.90 Å². The average molecular weight is 299 g/mol. The van der Waals surface area contributed by atoms with E-state index in [1.54, 1.807) is 6.20 Å². The molecule has 0 spiro atoms. The van der Waals surface area contributed by atoms with Gasteiger partial charge in [-0.25, -0.2) is 4.68 Å². The molecule has 22 heavy (non-hydrogen) atoms. The van der Waals surface area contributed by atoms with Gasteiger partial charge in [-0.05, 0) is 49.4 Å². The molecular weight excluding hydrogens is 278 g/mol. The number of carbonyl (C=O) groups is 1. The fourth-order valence-corrected chi connectivity index (χ4v) is 2.99. The smallest absolute Gasteiger partial charge is 0.306 e. The third-order valence-electron chi connectivity index (χ3n) is 4.38. The fraction of sp³-hybridized carbons (Fsp3) is 0.412. The lowest BCUT2D eigenvalue weighted by Gasteiger charge is -2.27. The van der Waals surface area contributed by atoms with Gasteiger partial charge in [0.15, 0.2) is 0 Å². The number of rotatable bonds is 5. The van der Waals surface area contributed by atoms with Gasteiger partial charge >= 0.3 is 5.97 Å². The minimum atomic E-state index is -0.646. The van der Waals surface area contributed by atoms with Crippen LogP contribution in [0.15, 0.2) is 42.7 Å². The third-order valence-corrected chi connectivity index (χ3v) is 4.38. The molecular formula is C17H21N3O2. The van der Waals surface area contributed by atoms with Crippen LogP contribution in [-0.2, 0) is 11.3 Å². The van der Waals surface area contributed by atoms with E-state index < -0.39 is 5.97 Å².